The van der Waals surface area contributed by atoms with Crippen LogP contribution in [0.3, 0.4) is 0 Å². The van der Waals surface area contributed by atoms with Crippen LogP contribution in [0.1, 0.15) is 11.1 Å². The molecule has 0 saturated carbocycles. The first-order chi connectivity index (χ1) is 14.2. The van der Waals surface area contributed by atoms with Crippen LogP contribution in [0.25, 0.3) is 0 Å². The third kappa shape index (κ3) is 4.74. The first kappa shape index (κ1) is 19.0. The van der Waals surface area contributed by atoms with E-state index in [4.69, 9.17) is 5.73 Å². The Bertz CT molecular complexity index is 944. The van der Waals surface area contributed by atoms with E-state index >= 15 is 0 Å². The Labute approximate surface area is 170 Å². The van der Waals surface area contributed by atoms with Crippen molar-refractivity contribution in [2.75, 3.05) is 31.1 Å². The number of anilines is 1. The van der Waals surface area contributed by atoms with E-state index in [1.165, 1.54) is 17.7 Å². The first-order valence-corrected chi connectivity index (χ1v) is 9.78. The molecule has 2 N–H and O–H groups in total. The fraction of sp³-hybridized carbons (Fsp3) is 0.273. The Kier molecular flexibility index (Phi) is 5.74. The number of nitrogens with two attached hydrogens (primary N) is 1. The summed E-state index contributed by atoms with van der Waals surface area (Å²) < 4.78 is 15.0. The third-order valence-electron chi connectivity index (χ3n) is 5.22. The number of halogens is 1. The largest absolute Gasteiger partial charge is 0.370 e. The van der Waals surface area contributed by atoms with Gasteiger partial charge in [0, 0.05) is 44.3 Å². The minimum absolute atomic E-state index is 0.211. The van der Waals surface area contributed by atoms with Crippen LogP contribution in [0.5, 0.6) is 0 Å². The number of rotatable bonds is 5. The molecule has 6 nitrogen and oxygen atoms in total. The zero-order valence-electron chi connectivity index (χ0n) is 16.3. The first-order valence-electron chi connectivity index (χ1n) is 9.78. The van der Waals surface area contributed by atoms with Crippen LogP contribution in [0, 0.1) is 5.82 Å². The van der Waals surface area contributed by atoms with E-state index in [-0.39, 0.29) is 5.82 Å². The van der Waals surface area contributed by atoms with Gasteiger partial charge in [-0.3, -0.25) is 4.68 Å². The molecule has 0 bridgehead atoms. The van der Waals surface area contributed by atoms with Gasteiger partial charge in [0.25, 0.3) is 0 Å². The van der Waals surface area contributed by atoms with E-state index < -0.39 is 0 Å². The molecule has 1 aromatic heterocycles. The number of guanidine groups is 1. The van der Waals surface area contributed by atoms with E-state index in [0.29, 0.717) is 12.5 Å². The van der Waals surface area contributed by atoms with Gasteiger partial charge in [0.2, 0.25) is 0 Å². The SMILES string of the molecule is NC(=NCc1ccccc1Cn1cccn1)N1CCN(c2ccc(F)cc2)CC1. The van der Waals surface area contributed by atoms with Crippen molar-refractivity contribution in [3.05, 3.63) is 83.9 Å². The van der Waals surface area contributed by atoms with Crippen molar-refractivity contribution in [2.24, 2.45) is 10.7 Å². The summed E-state index contributed by atoms with van der Waals surface area (Å²) in [5.74, 6) is 0.356. The van der Waals surface area contributed by atoms with Crippen molar-refractivity contribution in [1.29, 1.82) is 0 Å². The number of nitrogens with zero attached hydrogens (tertiary/aromatic N) is 5. The van der Waals surface area contributed by atoms with Gasteiger partial charge in [-0.25, -0.2) is 9.38 Å². The van der Waals surface area contributed by atoms with Gasteiger partial charge < -0.3 is 15.5 Å². The van der Waals surface area contributed by atoms with Gasteiger partial charge in [-0.2, -0.15) is 5.10 Å². The normalized spacial score (nSPS) is 15.0. The van der Waals surface area contributed by atoms with Gasteiger partial charge in [-0.05, 0) is 41.5 Å². The molecule has 0 spiro atoms. The molecule has 0 atom stereocenters. The molecule has 1 saturated heterocycles. The number of benzene rings is 2. The summed E-state index contributed by atoms with van der Waals surface area (Å²) >= 11 is 0. The van der Waals surface area contributed by atoms with Crippen molar-refractivity contribution in [3.63, 3.8) is 0 Å². The molecule has 1 fully saturated rings. The highest BCUT2D eigenvalue weighted by molar-refractivity contribution is 5.78. The summed E-state index contributed by atoms with van der Waals surface area (Å²) in [6.07, 6.45) is 3.74. The average molecular weight is 392 g/mol. The van der Waals surface area contributed by atoms with E-state index in [1.807, 2.05) is 41.2 Å². The lowest BCUT2D eigenvalue weighted by molar-refractivity contribution is 0.380. The predicted molar refractivity (Wildman–Crippen MR) is 113 cm³/mol. The predicted octanol–water partition coefficient (Wildman–Crippen LogP) is 2.71. The molecular weight excluding hydrogens is 367 g/mol. The minimum Gasteiger partial charge on any atom is -0.370 e. The summed E-state index contributed by atoms with van der Waals surface area (Å²) in [5.41, 5.74) is 9.65. The lowest BCUT2D eigenvalue weighted by Gasteiger charge is -2.36. The van der Waals surface area contributed by atoms with Crippen LogP contribution in [0.2, 0.25) is 0 Å². The quantitative estimate of drug-likeness (QED) is 0.536. The molecule has 7 heteroatoms. The third-order valence-corrected chi connectivity index (χ3v) is 5.22. The monoisotopic (exact) mass is 392 g/mol. The van der Waals surface area contributed by atoms with Gasteiger partial charge in [0.05, 0.1) is 13.1 Å². The van der Waals surface area contributed by atoms with E-state index in [2.05, 4.69) is 32.0 Å². The zero-order valence-corrected chi connectivity index (χ0v) is 16.3. The van der Waals surface area contributed by atoms with Crippen LogP contribution in [0.15, 0.2) is 72.0 Å². The Morgan fingerprint density at radius 2 is 1.69 bits per heavy atom. The Hall–Kier alpha value is -3.35. The van der Waals surface area contributed by atoms with Crippen molar-refractivity contribution >= 4 is 11.6 Å². The maximum Gasteiger partial charge on any atom is 0.191 e. The van der Waals surface area contributed by atoms with Gasteiger partial charge in [-0.1, -0.05) is 24.3 Å². The molecule has 1 aliphatic heterocycles. The number of hydrogen-bond acceptors (Lipinski definition) is 3. The smallest absolute Gasteiger partial charge is 0.191 e. The highest BCUT2D eigenvalue weighted by Gasteiger charge is 2.18. The Morgan fingerprint density at radius 3 is 2.38 bits per heavy atom. The van der Waals surface area contributed by atoms with Crippen molar-refractivity contribution < 1.29 is 4.39 Å². The molecule has 0 radical (unpaired) electrons. The molecule has 3 aromatic rings. The lowest BCUT2D eigenvalue weighted by atomic mass is 10.1. The molecule has 2 heterocycles. The van der Waals surface area contributed by atoms with Crippen molar-refractivity contribution in [2.45, 2.75) is 13.1 Å². The molecule has 150 valence electrons. The van der Waals surface area contributed by atoms with E-state index in [9.17, 15) is 4.39 Å². The van der Waals surface area contributed by atoms with Crippen molar-refractivity contribution in [3.8, 4) is 0 Å². The minimum atomic E-state index is -0.211. The standard InChI is InChI=1S/C22H25FN6/c23-20-6-8-21(9-7-20)27-12-14-28(15-13-27)22(24)25-16-18-4-1-2-5-19(18)17-29-11-3-10-26-29/h1-11H,12-17H2,(H2,24,25). The number of hydrogen-bond donors (Lipinski definition) is 1. The van der Waals surface area contributed by atoms with E-state index in [0.717, 1.165) is 44.0 Å². The molecule has 0 amide bonds. The molecule has 4 rings (SSSR count). The number of aliphatic imine (C=N–C) groups is 1. The second-order valence-electron chi connectivity index (χ2n) is 7.10. The second-order valence-corrected chi connectivity index (χ2v) is 7.10. The summed E-state index contributed by atoms with van der Waals surface area (Å²) in [6, 6.07) is 16.8. The number of aromatic nitrogens is 2. The topological polar surface area (TPSA) is 62.7 Å². The van der Waals surface area contributed by atoms with E-state index in [1.54, 1.807) is 6.20 Å². The van der Waals surface area contributed by atoms with Gasteiger partial charge in [0.1, 0.15) is 5.82 Å². The lowest BCUT2D eigenvalue weighted by Crippen LogP contribution is -2.51. The molecule has 1 aliphatic rings. The van der Waals surface area contributed by atoms with Gasteiger partial charge >= 0.3 is 0 Å². The van der Waals surface area contributed by atoms with Crippen LogP contribution < -0.4 is 10.6 Å². The Morgan fingerprint density at radius 1 is 0.966 bits per heavy atom. The summed E-state index contributed by atoms with van der Waals surface area (Å²) in [7, 11) is 0. The summed E-state index contributed by atoms with van der Waals surface area (Å²) in [5, 5.41) is 4.28. The highest BCUT2D eigenvalue weighted by Crippen LogP contribution is 2.17. The molecule has 0 aliphatic carbocycles. The molecular formula is C22H25FN6. The molecule has 29 heavy (non-hydrogen) atoms. The molecule has 0 unspecified atom stereocenters. The average Bonchev–Trinajstić information content (AvgIpc) is 3.27. The highest BCUT2D eigenvalue weighted by atomic mass is 19.1. The number of piperazine rings is 1. The maximum absolute atomic E-state index is 13.1. The van der Waals surface area contributed by atoms with Crippen LogP contribution in [-0.4, -0.2) is 46.8 Å². The Balaban J connectivity index is 1.36. The van der Waals surface area contributed by atoms with Crippen LogP contribution in [0.4, 0.5) is 10.1 Å². The van der Waals surface area contributed by atoms with Crippen LogP contribution in [-0.2, 0) is 13.1 Å². The molecule has 2 aromatic carbocycles. The maximum atomic E-state index is 13.1. The van der Waals surface area contributed by atoms with Gasteiger partial charge in [0.15, 0.2) is 5.96 Å². The summed E-state index contributed by atoms with van der Waals surface area (Å²) in [6.45, 7) is 4.51. The summed E-state index contributed by atoms with van der Waals surface area (Å²) in [4.78, 5) is 8.99. The van der Waals surface area contributed by atoms with Crippen molar-refractivity contribution in [1.82, 2.24) is 14.7 Å². The van der Waals surface area contributed by atoms with Gasteiger partial charge in [-0.15, -0.1) is 0 Å². The second kappa shape index (κ2) is 8.77. The fourth-order valence-corrected chi connectivity index (χ4v) is 3.55. The zero-order chi connectivity index (χ0) is 20.1. The van der Waals surface area contributed by atoms with Crippen LogP contribution >= 0.6 is 0 Å². The fourth-order valence-electron chi connectivity index (χ4n) is 3.55.